The van der Waals surface area contributed by atoms with Gasteiger partial charge in [0, 0.05) is 31.5 Å². The van der Waals surface area contributed by atoms with Crippen LogP contribution >= 0.6 is 9.24 Å². The van der Waals surface area contributed by atoms with E-state index in [0.29, 0.717) is 12.0 Å². The van der Waals surface area contributed by atoms with E-state index in [1.54, 1.807) is 0 Å². The Labute approximate surface area is 251 Å². The van der Waals surface area contributed by atoms with Gasteiger partial charge >= 0.3 is 0 Å². The highest BCUT2D eigenvalue weighted by molar-refractivity contribution is 7.23. The summed E-state index contributed by atoms with van der Waals surface area (Å²) in [5, 5.41) is 8.02. The predicted molar refractivity (Wildman–Crippen MR) is 189 cm³/mol. The molecule has 4 nitrogen and oxygen atoms in total. The fourth-order valence-electron chi connectivity index (χ4n) is 4.50. The van der Waals surface area contributed by atoms with E-state index in [1.807, 2.05) is 33.1 Å². The minimum absolute atomic E-state index is 0. The lowest BCUT2D eigenvalue weighted by molar-refractivity contribution is 0.253. The third kappa shape index (κ3) is 13.7. The maximum absolute atomic E-state index is 4.49. The predicted octanol–water partition coefficient (Wildman–Crippen LogP) is 10.1. The van der Waals surface area contributed by atoms with Crippen LogP contribution < -0.4 is 10.6 Å². The number of benzene rings is 1. The van der Waals surface area contributed by atoms with E-state index in [1.165, 1.54) is 23.1 Å². The summed E-state index contributed by atoms with van der Waals surface area (Å²) in [4.78, 5) is 6.87. The minimum atomic E-state index is 0. The van der Waals surface area contributed by atoms with Crippen molar-refractivity contribution < 1.29 is 0 Å². The van der Waals surface area contributed by atoms with Crippen molar-refractivity contribution in [2.75, 3.05) is 25.0 Å². The van der Waals surface area contributed by atoms with Crippen molar-refractivity contribution >= 4 is 26.7 Å². The van der Waals surface area contributed by atoms with Crippen LogP contribution in [0.15, 0.2) is 84.1 Å². The van der Waals surface area contributed by atoms with Crippen molar-refractivity contribution in [1.82, 2.24) is 10.2 Å². The summed E-state index contributed by atoms with van der Waals surface area (Å²) in [5.74, 6) is 1.46. The van der Waals surface area contributed by atoms with Crippen LogP contribution in [0.2, 0.25) is 0 Å². The molecule has 1 aliphatic heterocycles. The Morgan fingerprint density at radius 1 is 1.15 bits per heavy atom. The lowest BCUT2D eigenvalue weighted by atomic mass is 9.90. The number of likely N-dealkylation sites (N-methyl/N-ethyl adjacent to an activating group) is 1. The van der Waals surface area contributed by atoms with Crippen LogP contribution in [0.4, 0.5) is 5.69 Å². The molecule has 2 unspecified atom stereocenters. The zero-order chi connectivity index (χ0) is 29.8. The minimum Gasteiger partial charge on any atom is -0.383 e. The molecule has 1 aromatic carbocycles. The van der Waals surface area contributed by atoms with E-state index < -0.39 is 0 Å². The van der Waals surface area contributed by atoms with Gasteiger partial charge < -0.3 is 15.5 Å². The average Bonchev–Trinajstić information content (AvgIpc) is 2.94. The van der Waals surface area contributed by atoms with E-state index in [0.717, 1.165) is 67.8 Å². The molecule has 0 fully saturated rings. The molecule has 0 radical (unpaired) electrons. The smallest absolute Gasteiger partial charge is 0.149 e. The van der Waals surface area contributed by atoms with Crippen molar-refractivity contribution in [2.24, 2.45) is 10.9 Å². The number of nitrogens with zero attached hydrogens (tertiary/aromatic N) is 2. The molecule has 1 aliphatic rings. The second kappa shape index (κ2) is 23.2. The molecule has 0 amide bonds. The van der Waals surface area contributed by atoms with Gasteiger partial charge in [-0.15, -0.1) is 22.4 Å². The van der Waals surface area contributed by atoms with Gasteiger partial charge in [0.1, 0.15) is 5.82 Å². The summed E-state index contributed by atoms with van der Waals surface area (Å²) in [6, 6.07) is 9.01. The van der Waals surface area contributed by atoms with E-state index in [-0.39, 0.29) is 7.43 Å². The first-order valence-electron chi connectivity index (χ1n) is 14.7. The lowest BCUT2D eigenvalue weighted by Crippen LogP contribution is -2.50. The van der Waals surface area contributed by atoms with Gasteiger partial charge in [0.25, 0.3) is 0 Å². The molecule has 0 saturated heterocycles. The van der Waals surface area contributed by atoms with E-state index in [9.17, 15) is 0 Å². The quantitative estimate of drug-likeness (QED) is 0.101. The third-order valence-electron chi connectivity index (χ3n) is 6.65. The Bertz CT molecular complexity index is 939. The molecule has 226 valence electrons. The van der Waals surface area contributed by atoms with Crippen molar-refractivity contribution in [1.29, 1.82) is 0 Å². The van der Waals surface area contributed by atoms with Crippen LogP contribution in [-0.2, 0) is 0 Å². The number of rotatable bonds is 14. The summed E-state index contributed by atoms with van der Waals surface area (Å²) in [6.45, 7) is 33.1. The molecule has 0 bridgehead atoms. The molecule has 0 spiro atoms. The highest BCUT2D eigenvalue weighted by Crippen LogP contribution is 2.29. The molecule has 0 aliphatic carbocycles. The zero-order valence-electron chi connectivity index (χ0n) is 26.1. The Morgan fingerprint density at radius 2 is 1.75 bits per heavy atom. The monoisotopic (exact) mass is 568 g/mol. The van der Waals surface area contributed by atoms with E-state index >= 15 is 0 Å². The Morgan fingerprint density at radius 3 is 2.20 bits per heavy atom. The first kappa shape index (κ1) is 39.6. The number of anilines is 1. The molecule has 0 aromatic heterocycles. The van der Waals surface area contributed by atoms with Crippen molar-refractivity contribution in [2.45, 2.75) is 94.0 Å². The highest BCUT2D eigenvalue weighted by Gasteiger charge is 2.27. The molecule has 1 heterocycles. The van der Waals surface area contributed by atoms with Crippen molar-refractivity contribution in [3.05, 3.63) is 84.6 Å². The summed E-state index contributed by atoms with van der Waals surface area (Å²) in [5.41, 5.74) is 5.96. The number of aliphatic imine (C=N–C) groups is 1. The number of unbranched alkanes of at least 4 members (excludes halogenated alkanes) is 1. The summed E-state index contributed by atoms with van der Waals surface area (Å²) in [7, 11) is 2.72. The van der Waals surface area contributed by atoms with Gasteiger partial charge in [0.2, 0.25) is 0 Å². The van der Waals surface area contributed by atoms with Crippen molar-refractivity contribution in [3.63, 3.8) is 0 Å². The Balaban J connectivity index is 0. The van der Waals surface area contributed by atoms with Crippen LogP contribution in [0.5, 0.6) is 0 Å². The van der Waals surface area contributed by atoms with Crippen LogP contribution in [0.1, 0.15) is 93.6 Å². The fourth-order valence-corrected chi connectivity index (χ4v) is 4.80. The van der Waals surface area contributed by atoms with Gasteiger partial charge in [-0.1, -0.05) is 72.1 Å². The van der Waals surface area contributed by atoms with Crippen LogP contribution in [0.25, 0.3) is 5.57 Å². The van der Waals surface area contributed by atoms with E-state index in [2.05, 4.69) is 108 Å². The topological polar surface area (TPSA) is 39.7 Å². The summed E-state index contributed by atoms with van der Waals surface area (Å²) in [6.07, 6.45) is 9.51. The molecule has 2 atom stereocenters. The van der Waals surface area contributed by atoms with E-state index in [4.69, 9.17) is 0 Å². The first-order chi connectivity index (χ1) is 18.7. The Hall–Kier alpha value is -2.58. The molecule has 5 heteroatoms. The third-order valence-corrected chi connectivity index (χ3v) is 6.92. The first-order valence-corrected chi connectivity index (χ1v) is 15.3. The molecular weight excluding hydrogens is 507 g/mol. The normalized spacial score (nSPS) is 14.2. The van der Waals surface area contributed by atoms with Gasteiger partial charge in [-0.2, -0.15) is 0 Å². The second-order valence-corrected chi connectivity index (χ2v) is 10.3. The highest BCUT2D eigenvalue weighted by atomic mass is 31.0. The number of hydrogen-bond donors (Lipinski definition) is 2. The zero-order valence-corrected chi connectivity index (χ0v) is 27.2. The molecule has 40 heavy (non-hydrogen) atoms. The van der Waals surface area contributed by atoms with Crippen LogP contribution in [0, 0.1) is 5.92 Å². The SMILES string of the molecule is C.C=C(P)C1=C(/N=C\C)NCC(CNc2ccc(C(=C)C(CC)CC)cc2)N1CC.C=CCCCC(=C)C.CC. The maximum Gasteiger partial charge on any atom is 0.149 e. The molecule has 0 saturated carbocycles. The van der Waals surface area contributed by atoms with Gasteiger partial charge in [-0.05, 0) is 87.4 Å². The lowest BCUT2D eigenvalue weighted by Gasteiger charge is -2.40. The van der Waals surface area contributed by atoms with Crippen LogP contribution in [-0.4, -0.2) is 36.8 Å². The van der Waals surface area contributed by atoms with Crippen LogP contribution in [0.3, 0.4) is 0 Å². The molecule has 2 rings (SSSR count). The van der Waals surface area contributed by atoms with Crippen molar-refractivity contribution in [3.8, 4) is 0 Å². The summed E-state index contributed by atoms with van der Waals surface area (Å²) >= 11 is 0. The number of nitrogens with one attached hydrogen (secondary N) is 2. The maximum atomic E-state index is 4.49. The fraction of sp³-hybridized carbons (Fsp3) is 0.514. The second-order valence-electron chi connectivity index (χ2n) is 9.57. The summed E-state index contributed by atoms with van der Waals surface area (Å²) < 4.78 is 0. The van der Waals surface area contributed by atoms with Gasteiger partial charge in [0.05, 0.1) is 11.7 Å². The average molecular weight is 569 g/mol. The number of allylic oxidation sites excluding steroid dienone is 4. The largest absolute Gasteiger partial charge is 0.383 e. The van der Waals surface area contributed by atoms with Gasteiger partial charge in [-0.25, -0.2) is 4.99 Å². The number of hydrogen-bond acceptors (Lipinski definition) is 4. The standard InChI is InChI=1S/C24H37N4P.C8H14.C2H6.CH4/c1-7-19(8-2)17(5)20-11-13-21(14-12-20)26-15-22-16-27-24(25-9-3)23(18(6)29)28(22)10-4;1-4-5-6-7-8(2)3;1-2;/h9,11-14,19,22,26-27H,5-8,10,15-16,29H2,1-4H3;4H,1-2,5-7H2,3H3;1-2H3;1H4/b25-9-;;;. The molecule has 2 N–H and O–H groups in total. The molecular formula is C35H61N4P. The van der Waals surface area contributed by atoms with Gasteiger partial charge in [0.15, 0.2) is 0 Å². The Kier molecular flexibility index (Phi) is 22.9. The van der Waals surface area contributed by atoms with Gasteiger partial charge in [-0.3, -0.25) is 0 Å². The molecule has 1 aromatic rings.